The van der Waals surface area contributed by atoms with Gasteiger partial charge >= 0.3 is 0 Å². The Morgan fingerprint density at radius 1 is 1.40 bits per heavy atom. The van der Waals surface area contributed by atoms with E-state index in [1.54, 1.807) is 7.05 Å². The van der Waals surface area contributed by atoms with Gasteiger partial charge in [0.25, 0.3) is 0 Å². The molecule has 1 amide bonds. The van der Waals surface area contributed by atoms with Crippen molar-refractivity contribution in [2.24, 2.45) is 5.92 Å². The van der Waals surface area contributed by atoms with Gasteiger partial charge in [0, 0.05) is 19.1 Å². The van der Waals surface area contributed by atoms with E-state index in [1.165, 1.54) is 19.3 Å². The molecule has 0 aromatic rings. The number of likely N-dealkylation sites (N-methyl/N-ethyl adjacent to an activating group) is 1. The van der Waals surface area contributed by atoms with Gasteiger partial charge in [-0.05, 0) is 39.0 Å². The summed E-state index contributed by atoms with van der Waals surface area (Å²) in [5.74, 6) is 0.979. The topological polar surface area (TPSA) is 32.3 Å². The number of nitrogens with one attached hydrogen (secondary N) is 1. The van der Waals surface area contributed by atoms with E-state index in [2.05, 4.69) is 24.1 Å². The quantitative estimate of drug-likeness (QED) is 0.747. The number of carbonyl (C=O) groups is 1. The van der Waals surface area contributed by atoms with Gasteiger partial charge in [-0.3, -0.25) is 9.69 Å². The minimum Gasteiger partial charge on any atom is -0.358 e. The fourth-order valence-corrected chi connectivity index (χ4v) is 3.48. The molecule has 2 rings (SSSR count). The number of carbonyl (C=O) groups excluding carboxylic acids is 1. The molecule has 1 aliphatic carbocycles. The van der Waals surface area contributed by atoms with Crippen LogP contribution in [-0.2, 0) is 4.79 Å². The smallest absolute Gasteiger partial charge is 0.237 e. The highest BCUT2D eigenvalue weighted by atomic mass is 16.2. The Bertz CT molecular complexity index is 252. The molecule has 1 saturated carbocycles. The summed E-state index contributed by atoms with van der Waals surface area (Å²) in [5.41, 5.74) is 0. The van der Waals surface area contributed by atoms with Crippen molar-refractivity contribution >= 4 is 5.91 Å². The van der Waals surface area contributed by atoms with Crippen LogP contribution < -0.4 is 5.32 Å². The predicted molar refractivity (Wildman–Crippen MR) is 60.6 cm³/mol. The molecule has 2 fully saturated rings. The number of amides is 1. The zero-order chi connectivity index (χ0) is 11.0. The van der Waals surface area contributed by atoms with E-state index in [1.807, 2.05) is 0 Å². The molecule has 0 bridgehead atoms. The number of hydrogen-bond donors (Lipinski definition) is 1. The van der Waals surface area contributed by atoms with E-state index in [0.717, 1.165) is 12.3 Å². The van der Waals surface area contributed by atoms with Crippen LogP contribution in [-0.4, -0.2) is 36.0 Å². The average molecular weight is 210 g/mol. The summed E-state index contributed by atoms with van der Waals surface area (Å²) in [7, 11) is 1.74. The largest absolute Gasteiger partial charge is 0.358 e. The summed E-state index contributed by atoms with van der Waals surface area (Å²) in [5, 5.41) is 2.80. The van der Waals surface area contributed by atoms with Crippen LogP contribution in [0.3, 0.4) is 0 Å². The first-order chi connectivity index (χ1) is 7.15. The Morgan fingerprint density at radius 3 is 2.73 bits per heavy atom. The monoisotopic (exact) mass is 210 g/mol. The van der Waals surface area contributed by atoms with Crippen molar-refractivity contribution in [3.63, 3.8) is 0 Å². The maximum absolute atomic E-state index is 11.8. The van der Waals surface area contributed by atoms with Crippen LogP contribution in [0.2, 0.25) is 0 Å². The molecular weight excluding hydrogens is 188 g/mol. The SMILES string of the molecule is CNC(=O)C1CC2CCCC2N1C(C)C. The molecule has 0 aromatic carbocycles. The zero-order valence-corrected chi connectivity index (χ0v) is 9.99. The van der Waals surface area contributed by atoms with Gasteiger partial charge in [0.2, 0.25) is 5.91 Å². The van der Waals surface area contributed by atoms with Crippen LogP contribution >= 0.6 is 0 Å². The minimum absolute atomic E-state index is 0.130. The Balaban J connectivity index is 2.15. The predicted octanol–water partition coefficient (Wildman–Crippen LogP) is 1.38. The molecule has 86 valence electrons. The molecule has 0 spiro atoms. The standard InChI is InChI=1S/C12H22N2O/c1-8(2)14-10-6-4-5-9(10)7-11(14)12(15)13-3/h8-11H,4-7H2,1-3H3,(H,13,15). The van der Waals surface area contributed by atoms with Crippen molar-refractivity contribution in [3.8, 4) is 0 Å². The summed E-state index contributed by atoms with van der Waals surface area (Å²) < 4.78 is 0. The highest BCUT2D eigenvalue weighted by Crippen LogP contribution is 2.42. The van der Waals surface area contributed by atoms with Gasteiger partial charge in [0.1, 0.15) is 0 Å². The first-order valence-corrected chi connectivity index (χ1v) is 6.14. The lowest BCUT2D eigenvalue weighted by Gasteiger charge is -2.32. The maximum atomic E-state index is 11.8. The summed E-state index contributed by atoms with van der Waals surface area (Å²) in [4.78, 5) is 14.2. The van der Waals surface area contributed by atoms with Gasteiger partial charge in [-0.25, -0.2) is 0 Å². The van der Waals surface area contributed by atoms with E-state index < -0.39 is 0 Å². The van der Waals surface area contributed by atoms with Gasteiger partial charge < -0.3 is 5.32 Å². The van der Waals surface area contributed by atoms with Gasteiger partial charge in [-0.2, -0.15) is 0 Å². The molecule has 2 aliphatic rings. The molecule has 1 saturated heterocycles. The van der Waals surface area contributed by atoms with Crippen molar-refractivity contribution in [1.29, 1.82) is 0 Å². The van der Waals surface area contributed by atoms with E-state index in [4.69, 9.17) is 0 Å². The molecule has 15 heavy (non-hydrogen) atoms. The fourth-order valence-electron chi connectivity index (χ4n) is 3.48. The van der Waals surface area contributed by atoms with Crippen LogP contribution in [0, 0.1) is 5.92 Å². The lowest BCUT2D eigenvalue weighted by Crippen LogP contribution is -2.48. The molecule has 1 heterocycles. The maximum Gasteiger partial charge on any atom is 0.237 e. The Labute approximate surface area is 92.2 Å². The Kier molecular flexibility index (Phi) is 3.01. The summed E-state index contributed by atoms with van der Waals surface area (Å²) in [6, 6.07) is 1.29. The molecule has 3 atom stereocenters. The summed E-state index contributed by atoms with van der Waals surface area (Å²) >= 11 is 0. The molecular formula is C12H22N2O. The molecule has 0 aromatic heterocycles. The number of likely N-dealkylation sites (tertiary alicyclic amines) is 1. The molecule has 1 aliphatic heterocycles. The molecule has 3 unspecified atom stereocenters. The highest BCUT2D eigenvalue weighted by molar-refractivity contribution is 5.82. The third-order valence-electron chi connectivity index (χ3n) is 4.03. The molecule has 3 heteroatoms. The van der Waals surface area contributed by atoms with Crippen molar-refractivity contribution < 1.29 is 4.79 Å². The fraction of sp³-hybridized carbons (Fsp3) is 0.917. The number of fused-ring (bicyclic) bond motifs is 1. The lowest BCUT2D eigenvalue weighted by molar-refractivity contribution is -0.126. The third-order valence-corrected chi connectivity index (χ3v) is 4.03. The van der Waals surface area contributed by atoms with E-state index >= 15 is 0 Å². The lowest BCUT2D eigenvalue weighted by atomic mass is 10.0. The number of hydrogen-bond acceptors (Lipinski definition) is 2. The van der Waals surface area contributed by atoms with Crippen LogP contribution in [0.15, 0.2) is 0 Å². The van der Waals surface area contributed by atoms with Crippen molar-refractivity contribution in [2.45, 2.75) is 57.7 Å². The van der Waals surface area contributed by atoms with E-state index in [0.29, 0.717) is 12.1 Å². The average Bonchev–Trinajstić information content (AvgIpc) is 2.73. The second-order valence-electron chi connectivity index (χ2n) is 5.17. The van der Waals surface area contributed by atoms with Crippen LogP contribution in [0.1, 0.15) is 39.5 Å². The number of nitrogens with zero attached hydrogens (tertiary/aromatic N) is 1. The van der Waals surface area contributed by atoms with Crippen molar-refractivity contribution in [1.82, 2.24) is 10.2 Å². The third kappa shape index (κ3) is 1.78. The van der Waals surface area contributed by atoms with Gasteiger partial charge in [-0.15, -0.1) is 0 Å². The van der Waals surface area contributed by atoms with E-state index in [-0.39, 0.29) is 11.9 Å². The molecule has 0 radical (unpaired) electrons. The van der Waals surface area contributed by atoms with E-state index in [9.17, 15) is 4.79 Å². The Hall–Kier alpha value is -0.570. The van der Waals surface area contributed by atoms with Crippen LogP contribution in [0.4, 0.5) is 0 Å². The second-order valence-corrected chi connectivity index (χ2v) is 5.17. The van der Waals surface area contributed by atoms with Gasteiger partial charge in [0.05, 0.1) is 6.04 Å². The summed E-state index contributed by atoms with van der Waals surface area (Å²) in [6.45, 7) is 4.41. The highest BCUT2D eigenvalue weighted by Gasteiger charge is 2.46. The number of rotatable bonds is 2. The zero-order valence-electron chi connectivity index (χ0n) is 9.99. The van der Waals surface area contributed by atoms with Crippen LogP contribution in [0.5, 0.6) is 0 Å². The molecule has 1 N–H and O–H groups in total. The second kappa shape index (κ2) is 4.12. The first kappa shape index (κ1) is 10.9. The van der Waals surface area contributed by atoms with Crippen LogP contribution in [0.25, 0.3) is 0 Å². The Morgan fingerprint density at radius 2 is 2.13 bits per heavy atom. The summed E-state index contributed by atoms with van der Waals surface area (Å²) in [6.07, 6.45) is 5.03. The van der Waals surface area contributed by atoms with Gasteiger partial charge in [-0.1, -0.05) is 6.42 Å². The van der Waals surface area contributed by atoms with Crippen molar-refractivity contribution in [2.75, 3.05) is 7.05 Å². The normalized spacial score (nSPS) is 35.9. The van der Waals surface area contributed by atoms with Gasteiger partial charge in [0.15, 0.2) is 0 Å². The molecule has 3 nitrogen and oxygen atoms in total. The first-order valence-electron chi connectivity index (χ1n) is 6.14. The van der Waals surface area contributed by atoms with Crippen molar-refractivity contribution in [3.05, 3.63) is 0 Å². The minimum atomic E-state index is 0.130.